The molecular formula is C46H53N3O2. The average molecular weight is 680 g/mol. The number of ether oxygens (including phenoxy) is 1. The molecule has 0 aromatic heterocycles. The van der Waals surface area contributed by atoms with Gasteiger partial charge in [0.05, 0.1) is 0 Å². The van der Waals surface area contributed by atoms with Crippen LogP contribution in [0, 0.1) is 0 Å². The molecule has 51 heavy (non-hydrogen) atoms. The molecule has 5 aromatic carbocycles. The second-order valence-electron chi connectivity index (χ2n) is 14.0. The Morgan fingerprint density at radius 3 is 1.90 bits per heavy atom. The molecule has 1 aliphatic heterocycles. The summed E-state index contributed by atoms with van der Waals surface area (Å²) < 4.78 is 6.00. The average Bonchev–Trinajstić information content (AvgIpc) is 3.18. The number of anilines is 1. The number of benzene rings is 5. The lowest BCUT2D eigenvalue weighted by atomic mass is 9.99. The quantitative estimate of drug-likeness (QED) is 0.0973. The third-order valence-electron chi connectivity index (χ3n) is 10.1. The third kappa shape index (κ3) is 10.6. The van der Waals surface area contributed by atoms with Gasteiger partial charge in [-0.15, -0.1) is 0 Å². The SMILES string of the molecule is CCCCCc1ccc(C(=O)N(Cc2ccc(N(C)Cc3ccccc3)cc2)C2CCN(Cc3ccc(OCc4ccccc4)cc3)CC2)cc1. The second kappa shape index (κ2) is 18.4. The first-order valence-corrected chi connectivity index (χ1v) is 18.8. The van der Waals surface area contributed by atoms with Gasteiger partial charge in [-0.3, -0.25) is 9.69 Å². The van der Waals surface area contributed by atoms with Crippen LogP contribution in [0.15, 0.2) is 133 Å². The topological polar surface area (TPSA) is 36.0 Å². The molecule has 0 atom stereocenters. The fraction of sp³-hybridized carbons (Fsp3) is 0.326. The zero-order valence-electron chi connectivity index (χ0n) is 30.4. The van der Waals surface area contributed by atoms with Crippen LogP contribution in [0.4, 0.5) is 5.69 Å². The van der Waals surface area contributed by atoms with E-state index in [1.807, 2.05) is 30.3 Å². The monoisotopic (exact) mass is 679 g/mol. The number of carbonyl (C=O) groups excluding carboxylic acids is 1. The predicted molar refractivity (Wildman–Crippen MR) is 210 cm³/mol. The van der Waals surface area contributed by atoms with Gasteiger partial charge in [-0.05, 0) is 89.9 Å². The van der Waals surface area contributed by atoms with Crippen molar-refractivity contribution >= 4 is 11.6 Å². The van der Waals surface area contributed by atoms with E-state index in [0.29, 0.717) is 13.2 Å². The third-order valence-corrected chi connectivity index (χ3v) is 10.1. The van der Waals surface area contributed by atoms with Crippen molar-refractivity contribution in [2.75, 3.05) is 25.0 Å². The number of amides is 1. The Hall–Kier alpha value is -4.87. The van der Waals surface area contributed by atoms with E-state index in [2.05, 4.69) is 132 Å². The van der Waals surface area contributed by atoms with E-state index in [0.717, 1.165) is 62.3 Å². The highest BCUT2D eigenvalue weighted by molar-refractivity contribution is 5.94. The molecule has 1 heterocycles. The molecule has 0 aliphatic carbocycles. The molecule has 1 aliphatic rings. The first-order chi connectivity index (χ1) is 25.0. The number of likely N-dealkylation sites (tertiary alicyclic amines) is 1. The van der Waals surface area contributed by atoms with Gasteiger partial charge in [0.2, 0.25) is 0 Å². The van der Waals surface area contributed by atoms with Crippen molar-refractivity contribution in [1.82, 2.24) is 9.80 Å². The van der Waals surface area contributed by atoms with Crippen molar-refractivity contribution in [3.05, 3.63) is 167 Å². The maximum atomic E-state index is 14.2. The summed E-state index contributed by atoms with van der Waals surface area (Å²) in [6.45, 7) is 7.08. The van der Waals surface area contributed by atoms with E-state index >= 15 is 0 Å². The van der Waals surface area contributed by atoms with Crippen molar-refractivity contribution < 1.29 is 9.53 Å². The number of rotatable bonds is 16. The first kappa shape index (κ1) is 35.9. The Balaban J connectivity index is 1.09. The van der Waals surface area contributed by atoms with E-state index in [9.17, 15) is 4.79 Å². The Bertz CT molecular complexity index is 1750. The molecule has 1 amide bonds. The minimum atomic E-state index is 0.130. The van der Waals surface area contributed by atoms with Gasteiger partial charge in [-0.2, -0.15) is 0 Å². The maximum absolute atomic E-state index is 14.2. The van der Waals surface area contributed by atoms with Crippen LogP contribution in [0.3, 0.4) is 0 Å². The fourth-order valence-electron chi connectivity index (χ4n) is 7.01. The van der Waals surface area contributed by atoms with Crippen LogP contribution in [0.5, 0.6) is 5.75 Å². The number of aryl methyl sites for hydroxylation is 1. The van der Waals surface area contributed by atoms with Gasteiger partial charge in [-0.25, -0.2) is 0 Å². The van der Waals surface area contributed by atoms with E-state index in [4.69, 9.17) is 4.74 Å². The van der Waals surface area contributed by atoms with Gasteiger partial charge < -0.3 is 14.5 Å². The number of nitrogens with zero attached hydrogens (tertiary/aromatic N) is 3. The largest absolute Gasteiger partial charge is 0.489 e. The van der Waals surface area contributed by atoms with E-state index in [-0.39, 0.29) is 11.9 Å². The van der Waals surface area contributed by atoms with Crippen molar-refractivity contribution in [3.8, 4) is 5.75 Å². The number of hydrogen-bond donors (Lipinski definition) is 0. The van der Waals surface area contributed by atoms with Crippen molar-refractivity contribution in [2.45, 2.75) is 77.7 Å². The van der Waals surface area contributed by atoms with Gasteiger partial charge >= 0.3 is 0 Å². The Morgan fingerprint density at radius 2 is 1.25 bits per heavy atom. The summed E-state index contributed by atoms with van der Waals surface area (Å²) in [5.41, 5.74) is 8.16. The Morgan fingerprint density at radius 1 is 0.667 bits per heavy atom. The molecule has 264 valence electrons. The highest BCUT2D eigenvalue weighted by Crippen LogP contribution is 2.25. The molecule has 1 saturated heterocycles. The second-order valence-corrected chi connectivity index (χ2v) is 14.0. The van der Waals surface area contributed by atoms with Crippen LogP contribution in [-0.2, 0) is 32.7 Å². The van der Waals surface area contributed by atoms with Crippen LogP contribution in [0.25, 0.3) is 0 Å². The zero-order chi connectivity index (χ0) is 35.3. The summed E-state index contributed by atoms with van der Waals surface area (Å²) in [7, 11) is 2.13. The maximum Gasteiger partial charge on any atom is 0.254 e. The molecule has 0 saturated carbocycles. The summed E-state index contributed by atoms with van der Waals surface area (Å²) in [5, 5.41) is 0. The molecule has 0 bridgehead atoms. The van der Waals surface area contributed by atoms with Crippen LogP contribution in [0.1, 0.15) is 77.2 Å². The lowest BCUT2D eigenvalue weighted by Crippen LogP contribution is -2.46. The van der Waals surface area contributed by atoms with Crippen LogP contribution in [0.2, 0.25) is 0 Å². The van der Waals surface area contributed by atoms with Crippen molar-refractivity contribution in [3.63, 3.8) is 0 Å². The number of carbonyl (C=O) groups is 1. The van der Waals surface area contributed by atoms with E-state index in [1.54, 1.807) is 0 Å². The van der Waals surface area contributed by atoms with Gasteiger partial charge in [-0.1, -0.05) is 117 Å². The van der Waals surface area contributed by atoms with Gasteiger partial charge in [0.1, 0.15) is 12.4 Å². The lowest BCUT2D eigenvalue weighted by molar-refractivity contribution is 0.0543. The predicted octanol–water partition coefficient (Wildman–Crippen LogP) is 9.94. The van der Waals surface area contributed by atoms with Gasteiger partial charge in [0.25, 0.3) is 5.91 Å². The van der Waals surface area contributed by atoms with Gasteiger partial charge in [0.15, 0.2) is 0 Å². The molecule has 0 unspecified atom stereocenters. The highest BCUT2D eigenvalue weighted by Gasteiger charge is 2.29. The molecular weight excluding hydrogens is 627 g/mol. The summed E-state index contributed by atoms with van der Waals surface area (Å²) in [6, 6.07) is 46.7. The summed E-state index contributed by atoms with van der Waals surface area (Å²) >= 11 is 0. The van der Waals surface area contributed by atoms with Crippen LogP contribution in [-0.4, -0.2) is 41.9 Å². The molecule has 5 aromatic rings. The molecule has 0 N–H and O–H groups in total. The smallest absolute Gasteiger partial charge is 0.254 e. The standard InChI is InChI=1S/C46H53N3O2/c1-3-4-7-12-37-17-23-42(24-18-37)46(50)49(35-40-19-25-43(26-20-40)47(2)33-38-13-8-5-9-14-38)44-29-31-48(32-30-44)34-39-21-27-45(28-22-39)51-36-41-15-10-6-11-16-41/h5-6,8-11,13-28,44H,3-4,7,12,29-36H2,1-2H3. The summed E-state index contributed by atoms with van der Waals surface area (Å²) in [5.74, 6) is 1.02. The zero-order valence-corrected chi connectivity index (χ0v) is 30.4. The number of piperidine rings is 1. The van der Waals surface area contributed by atoms with Gasteiger partial charge in [0, 0.05) is 57.1 Å². The minimum absolute atomic E-state index is 0.130. The lowest BCUT2D eigenvalue weighted by Gasteiger charge is -2.39. The molecule has 6 rings (SSSR count). The Labute approximate surface area is 305 Å². The van der Waals surface area contributed by atoms with Crippen LogP contribution >= 0.6 is 0 Å². The van der Waals surface area contributed by atoms with E-state index < -0.39 is 0 Å². The normalized spacial score (nSPS) is 13.5. The number of hydrogen-bond acceptors (Lipinski definition) is 4. The van der Waals surface area contributed by atoms with Crippen molar-refractivity contribution in [2.24, 2.45) is 0 Å². The molecule has 0 radical (unpaired) electrons. The minimum Gasteiger partial charge on any atom is -0.489 e. The summed E-state index contributed by atoms with van der Waals surface area (Å²) in [4.78, 5) is 21.2. The van der Waals surface area contributed by atoms with Crippen molar-refractivity contribution in [1.29, 1.82) is 0 Å². The van der Waals surface area contributed by atoms with Crippen LogP contribution < -0.4 is 9.64 Å². The highest BCUT2D eigenvalue weighted by atomic mass is 16.5. The fourth-order valence-corrected chi connectivity index (χ4v) is 7.01. The molecule has 1 fully saturated rings. The Kier molecular flexibility index (Phi) is 13.0. The van der Waals surface area contributed by atoms with E-state index in [1.165, 1.54) is 47.2 Å². The molecule has 5 heteroatoms. The summed E-state index contributed by atoms with van der Waals surface area (Å²) in [6.07, 6.45) is 6.62. The molecule has 5 nitrogen and oxygen atoms in total. The first-order valence-electron chi connectivity index (χ1n) is 18.8. The molecule has 0 spiro atoms. The number of unbranched alkanes of at least 4 members (excludes halogenated alkanes) is 2.